The van der Waals surface area contributed by atoms with Gasteiger partial charge in [0.2, 0.25) is 0 Å². The molecule has 23 heavy (non-hydrogen) atoms. The van der Waals surface area contributed by atoms with Gasteiger partial charge in [0.05, 0.1) is 14.3 Å². The first-order chi connectivity index (χ1) is 11.0. The Morgan fingerprint density at radius 3 is 2.43 bits per heavy atom. The zero-order valence-corrected chi connectivity index (χ0v) is 16.9. The molecule has 0 saturated heterocycles. The molecule has 4 nitrogen and oxygen atoms in total. The van der Waals surface area contributed by atoms with Crippen molar-refractivity contribution >= 4 is 45.2 Å². The fourth-order valence-electron chi connectivity index (χ4n) is 3.01. The Labute approximate surface area is 162 Å². The lowest BCUT2D eigenvalue weighted by Gasteiger charge is -2.27. The number of nitrogens with one attached hydrogen (secondary N) is 1. The molecular weight excluding hydrogens is 520 g/mol. The second-order valence-electron chi connectivity index (χ2n) is 5.59. The maximum atomic E-state index is 9.82. The second kappa shape index (κ2) is 7.02. The molecule has 1 atom stereocenters. The maximum Gasteiger partial charge on any atom is 0.157 e. The van der Waals surface area contributed by atoms with E-state index in [0.717, 1.165) is 43.4 Å². The van der Waals surface area contributed by atoms with Gasteiger partial charge in [-0.2, -0.15) is 0 Å². The molecule has 1 aliphatic rings. The Balaban J connectivity index is 1.92. The van der Waals surface area contributed by atoms with Crippen LogP contribution in [-0.4, -0.2) is 23.9 Å². The number of phenols is 2. The van der Waals surface area contributed by atoms with Crippen LogP contribution in [0.3, 0.4) is 0 Å². The van der Waals surface area contributed by atoms with Gasteiger partial charge in [-0.1, -0.05) is 0 Å². The van der Waals surface area contributed by atoms with Crippen molar-refractivity contribution in [1.29, 1.82) is 0 Å². The van der Waals surface area contributed by atoms with Gasteiger partial charge in [0, 0.05) is 6.04 Å². The van der Waals surface area contributed by atoms with Crippen LogP contribution in [-0.2, 0) is 12.8 Å². The third-order valence-corrected chi connectivity index (χ3v) is 5.70. The van der Waals surface area contributed by atoms with Gasteiger partial charge >= 0.3 is 0 Å². The zero-order chi connectivity index (χ0) is 16.6. The van der Waals surface area contributed by atoms with E-state index >= 15 is 0 Å². The molecule has 3 rings (SSSR count). The van der Waals surface area contributed by atoms with Crippen molar-refractivity contribution in [1.82, 2.24) is 5.32 Å². The number of hydrogen-bond acceptors (Lipinski definition) is 4. The molecular formula is C17H17I2NO3. The smallest absolute Gasteiger partial charge is 0.157 e. The lowest BCUT2D eigenvalue weighted by molar-refractivity contribution is 0.398. The van der Waals surface area contributed by atoms with Crippen molar-refractivity contribution in [2.24, 2.45) is 0 Å². The van der Waals surface area contributed by atoms with Gasteiger partial charge in [0.15, 0.2) is 11.5 Å². The first-order valence-electron chi connectivity index (χ1n) is 7.29. The molecule has 2 aromatic rings. The summed E-state index contributed by atoms with van der Waals surface area (Å²) in [5.41, 5.74) is 3.38. The number of ether oxygens (including phenoxy) is 1. The Morgan fingerprint density at radius 2 is 1.78 bits per heavy atom. The average molecular weight is 537 g/mol. The Kier molecular flexibility index (Phi) is 5.22. The standard InChI is InChI=1S/C17H17I2NO3/c1-23-17-12(18)4-9(5-13(17)19)6-14-11-8-16(22)15(21)7-10(11)2-3-20-14/h4-5,7-8,14,20-22H,2-3,6H2,1H3/t14-/m0/s1. The van der Waals surface area contributed by atoms with Crippen molar-refractivity contribution in [2.75, 3.05) is 13.7 Å². The topological polar surface area (TPSA) is 61.7 Å². The van der Waals surface area contributed by atoms with Crippen LogP contribution in [0, 0.1) is 7.14 Å². The third-order valence-electron chi connectivity index (χ3n) is 4.10. The van der Waals surface area contributed by atoms with E-state index in [1.165, 1.54) is 5.56 Å². The van der Waals surface area contributed by atoms with E-state index in [1.807, 2.05) is 0 Å². The van der Waals surface area contributed by atoms with Gasteiger partial charge in [-0.05, 0) is 106 Å². The number of benzene rings is 2. The molecule has 122 valence electrons. The van der Waals surface area contributed by atoms with Gasteiger partial charge in [-0.25, -0.2) is 0 Å². The highest BCUT2D eigenvalue weighted by atomic mass is 127. The predicted octanol–water partition coefficient (Wildman–Crippen LogP) is 3.75. The van der Waals surface area contributed by atoms with E-state index in [9.17, 15) is 10.2 Å². The molecule has 0 unspecified atom stereocenters. The minimum atomic E-state index is -0.0589. The molecule has 2 aromatic carbocycles. The van der Waals surface area contributed by atoms with Crippen LogP contribution in [0.4, 0.5) is 0 Å². The number of phenolic OH excluding ortho intramolecular Hbond substituents is 2. The molecule has 1 heterocycles. The normalized spacial score (nSPS) is 16.9. The molecule has 3 N–H and O–H groups in total. The monoisotopic (exact) mass is 537 g/mol. The lowest BCUT2D eigenvalue weighted by Crippen LogP contribution is -2.31. The van der Waals surface area contributed by atoms with E-state index in [2.05, 4.69) is 62.6 Å². The fourth-order valence-corrected chi connectivity index (χ4v) is 5.35. The largest absolute Gasteiger partial charge is 0.504 e. The average Bonchev–Trinajstić information content (AvgIpc) is 2.49. The summed E-state index contributed by atoms with van der Waals surface area (Å²) < 4.78 is 7.60. The minimum Gasteiger partial charge on any atom is -0.504 e. The van der Waals surface area contributed by atoms with Crippen LogP contribution in [0.15, 0.2) is 24.3 Å². The molecule has 1 aliphatic heterocycles. The Morgan fingerprint density at radius 1 is 1.13 bits per heavy atom. The second-order valence-corrected chi connectivity index (χ2v) is 7.92. The van der Waals surface area contributed by atoms with Gasteiger partial charge in [-0.3, -0.25) is 0 Å². The summed E-state index contributed by atoms with van der Waals surface area (Å²) >= 11 is 4.58. The van der Waals surface area contributed by atoms with Gasteiger partial charge in [0.25, 0.3) is 0 Å². The summed E-state index contributed by atoms with van der Waals surface area (Å²) in [7, 11) is 1.69. The third kappa shape index (κ3) is 3.53. The zero-order valence-electron chi connectivity index (χ0n) is 12.6. The van der Waals surface area contributed by atoms with Crippen molar-refractivity contribution in [3.8, 4) is 17.2 Å². The number of rotatable bonds is 3. The van der Waals surface area contributed by atoms with E-state index in [0.29, 0.717) is 0 Å². The molecule has 0 fully saturated rings. The summed E-state index contributed by atoms with van der Waals surface area (Å²) in [5, 5.41) is 23.0. The van der Waals surface area contributed by atoms with Crippen molar-refractivity contribution in [3.05, 3.63) is 48.1 Å². The van der Waals surface area contributed by atoms with E-state index in [1.54, 1.807) is 19.2 Å². The van der Waals surface area contributed by atoms with Crippen LogP contribution in [0.2, 0.25) is 0 Å². The van der Waals surface area contributed by atoms with Crippen LogP contribution in [0.5, 0.6) is 17.2 Å². The van der Waals surface area contributed by atoms with Crippen molar-refractivity contribution in [3.63, 3.8) is 0 Å². The molecule has 0 bridgehead atoms. The quantitative estimate of drug-likeness (QED) is 0.413. The summed E-state index contributed by atoms with van der Waals surface area (Å²) in [6.45, 7) is 0.867. The van der Waals surface area contributed by atoms with Crippen molar-refractivity contribution < 1.29 is 14.9 Å². The summed E-state index contributed by atoms with van der Waals surface area (Å²) in [6.07, 6.45) is 1.69. The Hall–Kier alpha value is -0.740. The van der Waals surface area contributed by atoms with Crippen LogP contribution in [0.25, 0.3) is 0 Å². The highest BCUT2D eigenvalue weighted by Crippen LogP contribution is 2.36. The first-order valence-corrected chi connectivity index (χ1v) is 9.45. The van der Waals surface area contributed by atoms with Crippen LogP contribution >= 0.6 is 45.2 Å². The summed E-state index contributed by atoms with van der Waals surface area (Å²) in [5.74, 6) is 0.809. The van der Waals surface area contributed by atoms with Crippen LogP contribution in [0.1, 0.15) is 22.7 Å². The summed E-state index contributed by atoms with van der Waals surface area (Å²) in [6, 6.07) is 7.77. The van der Waals surface area contributed by atoms with Gasteiger partial charge in [0.1, 0.15) is 5.75 Å². The van der Waals surface area contributed by atoms with Gasteiger partial charge in [-0.15, -0.1) is 0 Å². The molecule has 0 amide bonds. The van der Waals surface area contributed by atoms with Gasteiger partial charge < -0.3 is 20.3 Å². The first kappa shape index (κ1) is 17.1. The molecule has 0 aliphatic carbocycles. The number of fused-ring (bicyclic) bond motifs is 1. The number of aromatic hydroxyl groups is 2. The fraction of sp³-hybridized carbons (Fsp3) is 0.294. The lowest BCUT2D eigenvalue weighted by atomic mass is 9.90. The molecule has 6 heteroatoms. The summed E-state index contributed by atoms with van der Waals surface area (Å²) in [4.78, 5) is 0. The minimum absolute atomic E-state index is 0.0436. The van der Waals surface area contributed by atoms with Crippen molar-refractivity contribution in [2.45, 2.75) is 18.9 Å². The van der Waals surface area contributed by atoms with E-state index in [-0.39, 0.29) is 17.5 Å². The highest BCUT2D eigenvalue weighted by Gasteiger charge is 2.22. The molecule has 0 saturated carbocycles. The number of halogens is 2. The molecule has 0 spiro atoms. The van der Waals surface area contributed by atoms with E-state index < -0.39 is 0 Å². The highest BCUT2D eigenvalue weighted by molar-refractivity contribution is 14.1. The van der Waals surface area contributed by atoms with Crippen LogP contribution < -0.4 is 10.1 Å². The number of hydrogen-bond donors (Lipinski definition) is 3. The SMILES string of the molecule is COc1c(I)cc(C[C@@H]2NCCc3cc(O)c(O)cc32)cc1I. The molecule has 0 aromatic heterocycles. The Bertz CT molecular complexity index is 726. The predicted molar refractivity (Wildman–Crippen MR) is 106 cm³/mol. The maximum absolute atomic E-state index is 9.82. The number of methoxy groups -OCH3 is 1. The molecule has 0 radical (unpaired) electrons. The van der Waals surface area contributed by atoms with E-state index in [4.69, 9.17) is 4.74 Å².